The Morgan fingerprint density at radius 1 is 1.14 bits per heavy atom. The number of carbonyl (C=O) groups excluding carboxylic acids is 2. The van der Waals surface area contributed by atoms with E-state index in [9.17, 15) is 14.4 Å². The van der Waals surface area contributed by atoms with E-state index in [0.717, 1.165) is 27.8 Å². The van der Waals surface area contributed by atoms with Gasteiger partial charge < -0.3 is 14.5 Å². The molecule has 1 saturated heterocycles. The zero-order chi connectivity index (χ0) is 24.6. The molecule has 3 fully saturated rings. The summed E-state index contributed by atoms with van der Waals surface area (Å²) in [5.41, 5.74) is 0.526. The number of methoxy groups -OCH3 is 2. The molecule has 0 unspecified atom stereocenters. The van der Waals surface area contributed by atoms with Crippen LogP contribution < -0.4 is 14.3 Å². The van der Waals surface area contributed by atoms with E-state index in [0.29, 0.717) is 17.1 Å². The summed E-state index contributed by atoms with van der Waals surface area (Å²) in [5, 5.41) is 6.60. The van der Waals surface area contributed by atoms with Gasteiger partial charge in [0.05, 0.1) is 37.3 Å². The first-order valence-corrected chi connectivity index (χ1v) is 13.6. The molecule has 0 radical (unpaired) electrons. The van der Waals surface area contributed by atoms with E-state index in [-0.39, 0.29) is 56.9 Å². The molecule has 2 amide bonds. The highest BCUT2D eigenvalue weighted by molar-refractivity contribution is 8.00. The zero-order valence-electron chi connectivity index (χ0n) is 19.9. The number of aromatic amines is 1. The van der Waals surface area contributed by atoms with Crippen molar-refractivity contribution in [3.63, 3.8) is 0 Å². The van der Waals surface area contributed by atoms with Crippen LogP contribution in [0.1, 0.15) is 37.1 Å². The normalized spacial score (nSPS) is 34.9. The summed E-state index contributed by atoms with van der Waals surface area (Å²) < 4.78 is 10.6. The van der Waals surface area contributed by atoms with Crippen molar-refractivity contribution in [2.24, 2.45) is 34.7 Å². The molecular formula is C25H27N3O5S2. The number of aromatic nitrogens is 1. The quantitative estimate of drug-likeness (QED) is 0.485. The fraction of sp³-hybridized carbons (Fsp3) is 0.520. The predicted molar refractivity (Wildman–Crippen MR) is 133 cm³/mol. The molecule has 1 N–H and O–H groups in total. The summed E-state index contributed by atoms with van der Waals surface area (Å²) in [6.45, 7) is 4.39. The predicted octanol–water partition coefficient (Wildman–Crippen LogP) is 3.50. The number of benzene rings is 1. The molecule has 2 bridgehead atoms. The van der Waals surface area contributed by atoms with Gasteiger partial charge in [0, 0.05) is 15.5 Å². The second kappa shape index (κ2) is 7.96. The van der Waals surface area contributed by atoms with E-state index >= 15 is 0 Å². The Balaban J connectivity index is 1.31. The van der Waals surface area contributed by atoms with Crippen LogP contribution in [-0.4, -0.2) is 47.5 Å². The molecule has 10 heteroatoms. The minimum Gasteiger partial charge on any atom is -0.493 e. The van der Waals surface area contributed by atoms with E-state index in [1.807, 2.05) is 0 Å². The van der Waals surface area contributed by atoms with Crippen molar-refractivity contribution < 1.29 is 19.1 Å². The minimum atomic E-state index is -0.336. The molecule has 2 saturated carbocycles. The Bertz CT molecular complexity index is 1320. The SMILES string of the molecule is CC[C@@]1(C)c2sc(=O)[nH]c2S[C@H]2[C@H]3C[C@@H]([C@H]4C(=O)N(/N=C\c5ccc(OC)c(OC)c5)C(=O)[C@H]34)[C@@H]21. The van der Waals surface area contributed by atoms with E-state index in [2.05, 4.69) is 23.9 Å². The molecule has 1 aromatic carbocycles. The zero-order valence-corrected chi connectivity index (χ0v) is 21.6. The van der Waals surface area contributed by atoms with Crippen molar-refractivity contribution in [3.8, 4) is 11.5 Å². The molecule has 2 aromatic rings. The van der Waals surface area contributed by atoms with Gasteiger partial charge in [0.15, 0.2) is 11.5 Å². The average Bonchev–Trinajstić information content (AvgIpc) is 3.59. The van der Waals surface area contributed by atoms with Crippen LogP contribution in [0.2, 0.25) is 0 Å². The van der Waals surface area contributed by atoms with Gasteiger partial charge in [-0.05, 0) is 54.4 Å². The van der Waals surface area contributed by atoms with Crippen LogP contribution in [0.3, 0.4) is 0 Å². The molecule has 6 rings (SSSR count). The summed E-state index contributed by atoms with van der Waals surface area (Å²) in [4.78, 5) is 43.3. The monoisotopic (exact) mass is 513 g/mol. The third-order valence-electron chi connectivity index (χ3n) is 8.67. The van der Waals surface area contributed by atoms with E-state index in [1.165, 1.54) is 17.6 Å². The van der Waals surface area contributed by atoms with Crippen molar-refractivity contribution in [3.05, 3.63) is 38.3 Å². The number of fused-ring (bicyclic) bond motifs is 9. The van der Waals surface area contributed by atoms with Crippen LogP contribution in [0.5, 0.6) is 11.5 Å². The number of nitrogens with one attached hydrogen (secondary N) is 1. The molecular weight excluding hydrogens is 486 g/mol. The van der Waals surface area contributed by atoms with Crippen LogP contribution in [0.25, 0.3) is 0 Å². The highest BCUT2D eigenvalue weighted by atomic mass is 32.2. The maximum Gasteiger partial charge on any atom is 0.305 e. The van der Waals surface area contributed by atoms with Crippen molar-refractivity contribution in [2.45, 2.75) is 42.4 Å². The topological polar surface area (TPSA) is 101 Å². The molecule has 4 aliphatic rings. The first-order valence-electron chi connectivity index (χ1n) is 11.9. The summed E-state index contributed by atoms with van der Waals surface area (Å²) >= 11 is 3.01. The number of hydrogen-bond donors (Lipinski definition) is 1. The van der Waals surface area contributed by atoms with E-state index < -0.39 is 0 Å². The van der Waals surface area contributed by atoms with Crippen LogP contribution in [0, 0.1) is 29.6 Å². The highest BCUT2D eigenvalue weighted by Gasteiger charge is 2.71. The number of carbonyl (C=O) groups is 2. The van der Waals surface area contributed by atoms with Crippen LogP contribution in [0.4, 0.5) is 0 Å². The Kier molecular flexibility index (Phi) is 5.20. The number of ether oxygens (including phenoxy) is 2. The van der Waals surface area contributed by atoms with Crippen LogP contribution in [-0.2, 0) is 15.0 Å². The number of imide groups is 1. The lowest BCUT2D eigenvalue weighted by Crippen LogP contribution is -2.49. The third kappa shape index (κ3) is 3.05. The smallest absolute Gasteiger partial charge is 0.305 e. The third-order valence-corrected chi connectivity index (χ3v) is 11.4. The van der Waals surface area contributed by atoms with Gasteiger partial charge in [-0.15, -0.1) is 11.8 Å². The van der Waals surface area contributed by atoms with Crippen LogP contribution in [0.15, 0.2) is 33.1 Å². The largest absolute Gasteiger partial charge is 0.493 e. The average molecular weight is 514 g/mol. The van der Waals surface area contributed by atoms with Gasteiger partial charge in [0.1, 0.15) is 0 Å². The second-order valence-corrected chi connectivity index (χ2v) is 12.2. The van der Waals surface area contributed by atoms with Gasteiger partial charge in [-0.2, -0.15) is 10.1 Å². The minimum absolute atomic E-state index is 0.0301. The summed E-state index contributed by atoms with van der Waals surface area (Å²) in [7, 11) is 3.12. The molecule has 184 valence electrons. The Hall–Kier alpha value is -2.59. The lowest BCUT2D eigenvalue weighted by Gasteiger charge is -2.48. The van der Waals surface area contributed by atoms with Crippen molar-refractivity contribution in [1.82, 2.24) is 9.99 Å². The number of hydrazone groups is 1. The Labute approximate surface area is 211 Å². The second-order valence-electron chi connectivity index (χ2n) is 10.0. The first-order chi connectivity index (χ1) is 16.8. The fourth-order valence-corrected chi connectivity index (χ4v) is 10.2. The van der Waals surface area contributed by atoms with Gasteiger partial charge in [-0.3, -0.25) is 14.4 Å². The van der Waals surface area contributed by atoms with Gasteiger partial charge in [-0.1, -0.05) is 25.2 Å². The molecule has 7 atom stereocenters. The maximum absolute atomic E-state index is 13.5. The number of rotatable bonds is 5. The number of amides is 2. The lowest BCUT2D eigenvalue weighted by molar-refractivity contribution is -0.140. The Morgan fingerprint density at radius 2 is 1.86 bits per heavy atom. The summed E-state index contributed by atoms with van der Waals surface area (Å²) in [6.07, 6.45) is 3.30. The van der Waals surface area contributed by atoms with Crippen molar-refractivity contribution in [2.75, 3.05) is 14.2 Å². The number of thioether (sulfide) groups is 1. The van der Waals surface area contributed by atoms with Gasteiger partial charge >= 0.3 is 4.87 Å². The van der Waals surface area contributed by atoms with Crippen LogP contribution >= 0.6 is 23.1 Å². The van der Waals surface area contributed by atoms with Crippen molar-refractivity contribution >= 4 is 41.1 Å². The molecule has 8 nitrogen and oxygen atoms in total. The number of thiazole rings is 1. The van der Waals surface area contributed by atoms with E-state index in [1.54, 1.807) is 44.2 Å². The van der Waals surface area contributed by atoms with Crippen molar-refractivity contribution in [1.29, 1.82) is 0 Å². The molecule has 3 heterocycles. The highest BCUT2D eigenvalue weighted by Crippen LogP contribution is 2.69. The first kappa shape index (κ1) is 22.8. The Morgan fingerprint density at radius 3 is 2.54 bits per heavy atom. The fourth-order valence-electron chi connectivity index (χ4n) is 7.05. The molecule has 1 aromatic heterocycles. The van der Waals surface area contributed by atoms with Gasteiger partial charge in [0.25, 0.3) is 11.8 Å². The van der Waals surface area contributed by atoms with E-state index in [4.69, 9.17) is 9.47 Å². The molecule has 35 heavy (non-hydrogen) atoms. The molecule has 0 spiro atoms. The molecule has 2 aliphatic heterocycles. The summed E-state index contributed by atoms with van der Waals surface area (Å²) in [5.74, 6) is 0.570. The molecule has 2 aliphatic carbocycles. The number of H-pyrrole nitrogens is 1. The lowest BCUT2D eigenvalue weighted by atomic mass is 9.62. The number of hydrogen-bond acceptors (Lipinski definition) is 8. The standard InChI is InChI=1S/C25H27N3O5S2/c1-5-25(2)18-12-9-13(19(18)34-21-20(25)35-24(31)27-21)17-16(12)22(29)28(23(17)30)26-10-11-6-7-14(32-3)15(8-11)33-4/h6-8,10,12-13,16-19H,5,9H2,1-4H3,(H,27,31)/b26-10-/t12-,13-,16+,17+,18-,19-,25+/m0/s1. The van der Waals surface area contributed by atoms with Gasteiger partial charge in [0.2, 0.25) is 0 Å². The number of nitrogens with zero attached hydrogens (tertiary/aromatic N) is 2. The summed E-state index contributed by atoms with van der Waals surface area (Å²) in [6, 6.07) is 5.33. The van der Waals surface area contributed by atoms with Gasteiger partial charge in [-0.25, -0.2) is 0 Å². The maximum atomic E-state index is 13.5.